The maximum Gasteiger partial charge on any atom is 0.0895 e. The molecule has 1 unspecified atom stereocenters. The van der Waals surface area contributed by atoms with E-state index in [1.54, 1.807) is 17.1 Å². The lowest BCUT2D eigenvalue weighted by molar-refractivity contribution is 0.0161. The molecular weight excluding hydrogens is 190 g/mol. The number of aromatic nitrogens is 2. The van der Waals surface area contributed by atoms with Crippen molar-refractivity contribution in [3.05, 3.63) is 17.4 Å². The fourth-order valence-corrected chi connectivity index (χ4v) is 1.54. The third-order valence-corrected chi connectivity index (χ3v) is 2.19. The molecule has 1 aromatic heterocycles. The standard InChI is InChI=1S/C8H12ClN3O/c9-7-3-11-12(5-7)6-8-4-10-1-2-13-8/h3,5,8,10H,1-2,4,6H2. The van der Waals surface area contributed by atoms with E-state index in [-0.39, 0.29) is 6.10 Å². The summed E-state index contributed by atoms with van der Waals surface area (Å²) in [5.74, 6) is 0. The zero-order valence-corrected chi connectivity index (χ0v) is 8.00. The van der Waals surface area contributed by atoms with Crippen LogP contribution in [0.1, 0.15) is 0 Å². The molecule has 1 atom stereocenters. The first-order chi connectivity index (χ1) is 6.34. The van der Waals surface area contributed by atoms with Crippen molar-refractivity contribution >= 4 is 11.6 Å². The molecule has 72 valence electrons. The van der Waals surface area contributed by atoms with Crippen LogP contribution >= 0.6 is 11.6 Å². The van der Waals surface area contributed by atoms with Gasteiger partial charge < -0.3 is 10.1 Å². The Kier molecular flexibility index (Phi) is 2.83. The second-order valence-corrected chi connectivity index (χ2v) is 3.51. The summed E-state index contributed by atoms with van der Waals surface area (Å²) in [4.78, 5) is 0. The Morgan fingerprint density at radius 2 is 2.69 bits per heavy atom. The molecule has 0 saturated carbocycles. The summed E-state index contributed by atoms with van der Waals surface area (Å²) in [5, 5.41) is 8.02. The number of rotatable bonds is 2. The lowest BCUT2D eigenvalue weighted by Gasteiger charge is -2.23. The summed E-state index contributed by atoms with van der Waals surface area (Å²) in [6, 6.07) is 0. The molecule has 5 heteroatoms. The lowest BCUT2D eigenvalue weighted by Crippen LogP contribution is -2.40. The summed E-state index contributed by atoms with van der Waals surface area (Å²) in [6.07, 6.45) is 3.65. The average Bonchev–Trinajstić information content (AvgIpc) is 2.53. The second-order valence-electron chi connectivity index (χ2n) is 3.08. The third-order valence-electron chi connectivity index (χ3n) is 2.00. The smallest absolute Gasteiger partial charge is 0.0895 e. The van der Waals surface area contributed by atoms with Crippen LogP contribution in [0.15, 0.2) is 12.4 Å². The van der Waals surface area contributed by atoms with Crippen molar-refractivity contribution in [3.8, 4) is 0 Å². The molecule has 2 heterocycles. The van der Waals surface area contributed by atoms with Crippen LogP contribution in [0.3, 0.4) is 0 Å². The fraction of sp³-hybridized carbons (Fsp3) is 0.625. The lowest BCUT2D eigenvalue weighted by atomic mass is 10.3. The SMILES string of the molecule is Clc1cnn(CC2CNCCO2)c1. The predicted octanol–water partition coefficient (Wildman–Crippen LogP) is 0.525. The Hall–Kier alpha value is -0.580. The number of morpholine rings is 1. The number of ether oxygens (including phenoxy) is 1. The number of hydrogen-bond acceptors (Lipinski definition) is 3. The summed E-state index contributed by atoms with van der Waals surface area (Å²) in [7, 11) is 0. The predicted molar refractivity (Wildman–Crippen MR) is 49.8 cm³/mol. The maximum absolute atomic E-state index is 5.74. The van der Waals surface area contributed by atoms with Crippen molar-refractivity contribution in [2.75, 3.05) is 19.7 Å². The molecule has 13 heavy (non-hydrogen) atoms. The van der Waals surface area contributed by atoms with Crippen molar-refractivity contribution in [3.63, 3.8) is 0 Å². The van der Waals surface area contributed by atoms with Gasteiger partial charge in [0.15, 0.2) is 0 Å². The molecule has 1 aromatic rings. The minimum atomic E-state index is 0.213. The average molecular weight is 202 g/mol. The van der Waals surface area contributed by atoms with Crippen molar-refractivity contribution in [1.29, 1.82) is 0 Å². The normalized spacial score (nSPS) is 23.3. The van der Waals surface area contributed by atoms with Crippen molar-refractivity contribution in [1.82, 2.24) is 15.1 Å². The second kappa shape index (κ2) is 4.09. The number of halogens is 1. The first-order valence-corrected chi connectivity index (χ1v) is 4.72. The van der Waals surface area contributed by atoms with Crippen molar-refractivity contribution < 1.29 is 4.74 Å². The van der Waals surface area contributed by atoms with Crippen LogP contribution in [0.4, 0.5) is 0 Å². The summed E-state index contributed by atoms with van der Waals surface area (Å²) >= 11 is 5.74. The number of hydrogen-bond donors (Lipinski definition) is 1. The zero-order valence-electron chi connectivity index (χ0n) is 7.24. The van der Waals surface area contributed by atoms with Gasteiger partial charge in [-0.2, -0.15) is 5.10 Å². The van der Waals surface area contributed by atoms with Gasteiger partial charge in [0, 0.05) is 19.3 Å². The summed E-state index contributed by atoms with van der Waals surface area (Å²) in [6.45, 7) is 3.37. The highest BCUT2D eigenvalue weighted by Gasteiger charge is 2.13. The van der Waals surface area contributed by atoms with Crippen molar-refractivity contribution in [2.24, 2.45) is 0 Å². The largest absolute Gasteiger partial charge is 0.374 e. The molecule has 0 aromatic carbocycles. The van der Waals surface area contributed by atoms with E-state index in [0.29, 0.717) is 5.02 Å². The molecule has 0 aliphatic carbocycles. The van der Waals surface area contributed by atoms with E-state index >= 15 is 0 Å². The quantitative estimate of drug-likeness (QED) is 0.759. The third kappa shape index (κ3) is 2.43. The Balaban J connectivity index is 1.89. The molecule has 1 aliphatic heterocycles. The van der Waals surface area contributed by atoms with E-state index in [9.17, 15) is 0 Å². The minimum absolute atomic E-state index is 0.213. The van der Waals surface area contributed by atoms with Gasteiger partial charge in [-0.05, 0) is 0 Å². The Labute approximate surface area is 81.8 Å². The molecule has 4 nitrogen and oxygen atoms in total. The van der Waals surface area contributed by atoms with Gasteiger partial charge in [0.1, 0.15) is 0 Å². The summed E-state index contributed by atoms with van der Waals surface area (Å²) < 4.78 is 7.33. The molecule has 1 N–H and O–H groups in total. The molecular formula is C8H12ClN3O. The van der Waals surface area contributed by atoms with E-state index in [1.807, 2.05) is 0 Å². The molecule has 1 saturated heterocycles. The van der Waals surface area contributed by atoms with Gasteiger partial charge in [-0.3, -0.25) is 4.68 Å². The molecule has 0 bridgehead atoms. The first-order valence-electron chi connectivity index (χ1n) is 4.35. The van der Waals surface area contributed by atoms with Crippen LogP contribution in [-0.2, 0) is 11.3 Å². The zero-order chi connectivity index (χ0) is 9.10. The van der Waals surface area contributed by atoms with E-state index in [0.717, 1.165) is 26.2 Å². The first kappa shape index (κ1) is 8.99. The number of nitrogens with one attached hydrogen (secondary N) is 1. The summed E-state index contributed by atoms with van der Waals surface area (Å²) in [5.41, 5.74) is 0. The van der Waals surface area contributed by atoms with Crippen LogP contribution in [0, 0.1) is 0 Å². The molecule has 1 aliphatic rings. The van der Waals surface area contributed by atoms with Crippen molar-refractivity contribution in [2.45, 2.75) is 12.6 Å². The van der Waals surface area contributed by atoms with Gasteiger partial charge in [0.2, 0.25) is 0 Å². The van der Waals surface area contributed by atoms with Crippen LogP contribution in [-0.4, -0.2) is 35.6 Å². The Bertz CT molecular complexity index is 270. The van der Waals surface area contributed by atoms with E-state index in [2.05, 4.69) is 10.4 Å². The molecule has 1 fully saturated rings. The van der Waals surface area contributed by atoms with Gasteiger partial charge in [0.05, 0.1) is 30.5 Å². The van der Waals surface area contributed by atoms with E-state index in [1.165, 1.54) is 0 Å². The van der Waals surface area contributed by atoms with E-state index < -0.39 is 0 Å². The number of nitrogens with zero attached hydrogens (tertiary/aromatic N) is 2. The van der Waals surface area contributed by atoms with Crippen LogP contribution in [0.5, 0.6) is 0 Å². The molecule has 0 radical (unpaired) electrons. The van der Waals surface area contributed by atoms with Crippen LogP contribution < -0.4 is 5.32 Å². The Morgan fingerprint density at radius 1 is 1.77 bits per heavy atom. The van der Waals surface area contributed by atoms with Gasteiger partial charge in [-0.1, -0.05) is 11.6 Å². The highest BCUT2D eigenvalue weighted by Crippen LogP contribution is 2.06. The van der Waals surface area contributed by atoms with Gasteiger partial charge >= 0.3 is 0 Å². The molecule has 0 amide bonds. The fourth-order valence-electron chi connectivity index (χ4n) is 1.38. The minimum Gasteiger partial charge on any atom is -0.374 e. The highest BCUT2D eigenvalue weighted by molar-refractivity contribution is 6.30. The van der Waals surface area contributed by atoms with Gasteiger partial charge in [0.25, 0.3) is 0 Å². The maximum atomic E-state index is 5.74. The van der Waals surface area contributed by atoms with Crippen LogP contribution in [0.2, 0.25) is 5.02 Å². The Morgan fingerprint density at radius 3 is 3.31 bits per heavy atom. The topological polar surface area (TPSA) is 39.1 Å². The molecule has 0 spiro atoms. The highest BCUT2D eigenvalue weighted by atomic mass is 35.5. The van der Waals surface area contributed by atoms with Crippen LogP contribution in [0.25, 0.3) is 0 Å². The molecule has 2 rings (SSSR count). The van der Waals surface area contributed by atoms with Gasteiger partial charge in [-0.25, -0.2) is 0 Å². The van der Waals surface area contributed by atoms with Gasteiger partial charge in [-0.15, -0.1) is 0 Å². The monoisotopic (exact) mass is 201 g/mol. The van der Waals surface area contributed by atoms with E-state index in [4.69, 9.17) is 16.3 Å².